The van der Waals surface area contributed by atoms with Crippen LogP contribution in [0.2, 0.25) is 0 Å². The lowest BCUT2D eigenvalue weighted by Crippen LogP contribution is -2.60. The van der Waals surface area contributed by atoms with Gasteiger partial charge in [0.05, 0.1) is 6.42 Å². The van der Waals surface area contributed by atoms with Crippen molar-refractivity contribution in [3.8, 4) is 0 Å². The number of carbonyl (C=O) groups is 2. The van der Waals surface area contributed by atoms with Crippen molar-refractivity contribution in [2.24, 2.45) is 23.5 Å². The van der Waals surface area contributed by atoms with E-state index in [9.17, 15) is 9.59 Å². The molecule has 19 heavy (non-hydrogen) atoms. The molecule has 0 aromatic heterocycles. The van der Waals surface area contributed by atoms with Crippen LogP contribution in [0.5, 0.6) is 0 Å². The van der Waals surface area contributed by atoms with E-state index in [0.29, 0.717) is 0 Å². The maximum atomic E-state index is 12.0. The third-order valence-electron chi connectivity index (χ3n) is 5.17. The summed E-state index contributed by atoms with van der Waals surface area (Å²) >= 11 is 0. The average molecular weight is 266 g/mol. The number of nitrogens with one attached hydrogen (secondary N) is 1. The molecule has 0 aromatic carbocycles. The molecule has 0 heterocycles. The highest BCUT2D eigenvalue weighted by Crippen LogP contribution is 2.55. The van der Waals surface area contributed by atoms with Crippen LogP contribution in [0, 0.1) is 17.8 Å². The van der Waals surface area contributed by atoms with Gasteiger partial charge in [-0.2, -0.15) is 0 Å². The molecule has 4 fully saturated rings. The molecule has 0 aromatic rings. The van der Waals surface area contributed by atoms with E-state index in [2.05, 4.69) is 5.32 Å². The molecule has 4 aliphatic rings. The molecular formula is C14H22N2O3. The van der Waals surface area contributed by atoms with E-state index in [1.54, 1.807) is 0 Å². The predicted molar refractivity (Wildman–Crippen MR) is 69.3 cm³/mol. The Morgan fingerprint density at radius 1 is 1.16 bits per heavy atom. The van der Waals surface area contributed by atoms with Crippen molar-refractivity contribution in [1.82, 2.24) is 5.32 Å². The Labute approximate surface area is 112 Å². The van der Waals surface area contributed by atoms with Crippen molar-refractivity contribution >= 4 is 11.9 Å². The van der Waals surface area contributed by atoms with Gasteiger partial charge in [0, 0.05) is 5.54 Å². The molecule has 0 spiro atoms. The molecule has 1 unspecified atom stereocenters. The number of nitrogens with two attached hydrogens (primary N) is 1. The second-order valence-corrected chi connectivity index (χ2v) is 6.89. The van der Waals surface area contributed by atoms with Gasteiger partial charge in [-0.25, -0.2) is 0 Å². The molecule has 5 nitrogen and oxygen atoms in total. The van der Waals surface area contributed by atoms with E-state index in [-0.39, 0.29) is 17.9 Å². The maximum absolute atomic E-state index is 12.0. The molecule has 1 amide bonds. The molecule has 4 saturated carbocycles. The standard InChI is InChI=1S/C14H22N2O3/c15-11(13(18)19)4-12(17)16-14-5-8-1-9(6-14)3-10(2-8)7-14/h8-11H,1-7,15H2,(H,16,17)(H,18,19). The molecule has 4 rings (SSSR count). The Morgan fingerprint density at radius 2 is 1.63 bits per heavy atom. The van der Waals surface area contributed by atoms with Gasteiger partial charge in [-0.05, 0) is 56.3 Å². The highest BCUT2D eigenvalue weighted by atomic mass is 16.4. The molecule has 0 saturated heterocycles. The minimum absolute atomic E-state index is 0.0515. The summed E-state index contributed by atoms with van der Waals surface area (Å²) < 4.78 is 0. The van der Waals surface area contributed by atoms with Crippen molar-refractivity contribution in [2.45, 2.75) is 56.5 Å². The molecular weight excluding hydrogens is 244 g/mol. The van der Waals surface area contributed by atoms with Gasteiger partial charge in [0.2, 0.25) is 5.91 Å². The summed E-state index contributed by atoms with van der Waals surface area (Å²) in [6, 6.07) is -1.09. The van der Waals surface area contributed by atoms with E-state index in [0.717, 1.165) is 37.0 Å². The summed E-state index contributed by atoms with van der Waals surface area (Å²) in [5.74, 6) is 0.983. The lowest BCUT2D eigenvalue weighted by atomic mass is 9.53. The Kier molecular flexibility index (Phi) is 3.04. The van der Waals surface area contributed by atoms with Crippen molar-refractivity contribution in [3.63, 3.8) is 0 Å². The van der Waals surface area contributed by atoms with Crippen molar-refractivity contribution in [3.05, 3.63) is 0 Å². The number of carboxylic acid groups (broad SMARTS) is 1. The molecule has 106 valence electrons. The first kappa shape index (κ1) is 12.9. The fraction of sp³-hybridized carbons (Fsp3) is 0.857. The Balaban J connectivity index is 1.63. The van der Waals surface area contributed by atoms with Crippen LogP contribution in [-0.2, 0) is 9.59 Å². The van der Waals surface area contributed by atoms with E-state index >= 15 is 0 Å². The zero-order chi connectivity index (χ0) is 13.6. The Hall–Kier alpha value is -1.10. The van der Waals surface area contributed by atoms with Crippen LogP contribution in [-0.4, -0.2) is 28.6 Å². The van der Waals surface area contributed by atoms with Gasteiger partial charge in [-0.1, -0.05) is 0 Å². The van der Waals surface area contributed by atoms with Gasteiger partial charge < -0.3 is 16.2 Å². The lowest BCUT2D eigenvalue weighted by Gasteiger charge is -2.57. The van der Waals surface area contributed by atoms with Crippen LogP contribution >= 0.6 is 0 Å². The number of carbonyl (C=O) groups excluding carboxylic acids is 1. The highest BCUT2D eigenvalue weighted by molar-refractivity contribution is 5.84. The zero-order valence-corrected chi connectivity index (χ0v) is 11.1. The van der Waals surface area contributed by atoms with E-state index in [1.165, 1.54) is 19.3 Å². The molecule has 1 atom stereocenters. The molecule has 5 heteroatoms. The molecule has 4 aliphatic carbocycles. The SMILES string of the molecule is NC(CC(=O)NC12CC3CC(CC(C3)C1)C2)C(=O)O. The minimum atomic E-state index is -1.11. The highest BCUT2D eigenvalue weighted by Gasteiger charge is 2.51. The first-order valence-corrected chi connectivity index (χ1v) is 7.25. The van der Waals surface area contributed by atoms with Crippen LogP contribution in [0.4, 0.5) is 0 Å². The molecule has 4 N–H and O–H groups in total. The van der Waals surface area contributed by atoms with E-state index in [1.807, 2.05) is 0 Å². The van der Waals surface area contributed by atoms with Crippen LogP contribution < -0.4 is 11.1 Å². The normalized spacial score (nSPS) is 41.0. The number of rotatable bonds is 4. The van der Waals surface area contributed by atoms with Crippen LogP contribution in [0.1, 0.15) is 44.9 Å². The van der Waals surface area contributed by atoms with Crippen molar-refractivity contribution in [2.75, 3.05) is 0 Å². The fourth-order valence-electron chi connectivity index (χ4n) is 4.90. The smallest absolute Gasteiger partial charge is 0.321 e. The van der Waals surface area contributed by atoms with Crippen molar-refractivity contribution < 1.29 is 14.7 Å². The van der Waals surface area contributed by atoms with Crippen LogP contribution in [0.3, 0.4) is 0 Å². The molecule has 0 aliphatic heterocycles. The Morgan fingerprint density at radius 3 is 2.05 bits per heavy atom. The fourth-order valence-corrected chi connectivity index (χ4v) is 4.90. The number of aliphatic carboxylic acids is 1. The monoisotopic (exact) mass is 266 g/mol. The third-order valence-corrected chi connectivity index (χ3v) is 5.17. The largest absolute Gasteiger partial charge is 0.480 e. The number of hydrogen-bond donors (Lipinski definition) is 3. The van der Waals surface area contributed by atoms with Gasteiger partial charge in [-0.3, -0.25) is 9.59 Å². The molecule has 0 radical (unpaired) electrons. The summed E-state index contributed by atoms with van der Waals surface area (Å²) in [4.78, 5) is 22.7. The quantitative estimate of drug-likeness (QED) is 0.704. The summed E-state index contributed by atoms with van der Waals surface area (Å²) in [7, 11) is 0. The average Bonchev–Trinajstić information content (AvgIpc) is 2.25. The van der Waals surface area contributed by atoms with Crippen LogP contribution in [0.15, 0.2) is 0 Å². The third kappa shape index (κ3) is 2.48. The van der Waals surface area contributed by atoms with Crippen LogP contribution in [0.25, 0.3) is 0 Å². The van der Waals surface area contributed by atoms with Crippen molar-refractivity contribution in [1.29, 1.82) is 0 Å². The van der Waals surface area contributed by atoms with Gasteiger partial charge in [-0.15, -0.1) is 0 Å². The predicted octanol–water partition coefficient (Wildman–Crippen LogP) is 0.873. The lowest BCUT2D eigenvalue weighted by molar-refractivity contribution is -0.141. The maximum Gasteiger partial charge on any atom is 0.321 e. The number of hydrogen-bond acceptors (Lipinski definition) is 3. The zero-order valence-electron chi connectivity index (χ0n) is 11.1. The van der Waals surface area contributed by atoms with E-state index in [4.69, 9.17) is 10.8 Å². The minimum Gasteiger partial charge on any atom is -0.480 e. The van der Waals surface area contributed by atoms with Gasteiger partial charge in [0.15, 0.2) is 0 Å². The first-order chi connectivity index (χ1) is 8.96. The summed E-state index contributed by atoms with van der Waals surface area (Å²) in [5.41, 5.74) is 5.37. The Bertz CT molecular complexity index is 372. The van der Waals surface area contributed by atoms with E-state index < -0.39 is 12.0 Å². The second kappa shape index (κ2) is 4.47. The molecule has 4 bridgehead atoms. The summed E-state index contributed by atoms with van der Waals surface area (Å²) in [6.45, 7) is 0. The summed E-state index contributed by atoms with van der Waals surface area (Å²) in [6.07, 6.45) is 7.08. The van der Waals surface area contributed by atoms with Gasteiger partial charge >= 0.3 is 5.97 Å². The first-order valence-electron chi connectivity index (χ1n) is 7.25. The topological polar surface area (TPSA) is 92.4 Å². The number of amides is 1. The summed E-state index contributed by atoms with van der Waals surface area (Å²) in [5, 5.41) is 11.9. The van der Waals surface area contributed by atoms with Gasteiger partial charge in [0.1, 0.15) is 6.04 Å². The number of carboxylic acids is 1. The van der Waals surface area contributed by atoms with Gasteiger partial charge in [0.25, 0.3) is 0 Å². The second-order valence-electron chi connectivity index (χ2n) is 6.89.